The molecule has 6 nitrogen and oxygen atoms in total. The number of para-hydroxylation sites is 1. The molecule has 0 bridgehead atoms. The maximum absolute atomic E-state index is 6.42. The Hall–Kier alpha value is -1.92. The van der Waals surface area contributed by atoms with E-state index in [-0.39, 0.29) is 6.10 Å². The summed E-state index contributed by atoms with van der Waals surface area (Å²) < 4.78 is 17.5. The van der Waals surface area contributed by atoms with Crippen molar-refractivity contribution in [2.75, 3.05) is 26.3 Å². The zero-order valence-electron chi connectivity index (χ0n) is 16.4. The normalized spacial score (nSPS) is 24.8. The fraction of sp³-hybridized carbons (Fsp3) is 0.636. The van der Waals surface area contributed by atoms with Gasteiger partial charge in [-0.1, -0.05) is 30.1 Å². The molecule has 28 heavy (non-hydrogen) atoms. The first-order valence-electron chi connectivity index (χ1n) is 10.8. The molecule has 0 amide bonds. The van der Waals surface area contributed by atoms with Crippen LogP contribution in [0.3, 0.4) is 0 Å². The third kappa shape index (κ3) is 3.80. The van der Waals surface area contributed by atoms with Gasteiger partial charge >= 0.3 is 0 Å². The summed E-state index contributed by atoms with van der Waals surface area (Å²) in [5.41, 5.74) is 0.896. The average Bonchev–Trinajstić information content (AvgIpc) is 3.50. The third-order valence-corrected chi connectivity index (χ3v) is 6.46. The van der Waals surface area contributed by atoms with Crippen LogP contribution in [0.15, 0.2) is 28.8 Å². The van der Waals surface area contributed by atoms with Gasteiger partial charge in [-0.2, -0.15) is 4.98 Å². The van der Waals surface area contributed by atoms with Gasteiger partial charge in [-0.3, -0.25) is 4.90 Å². The number of rotatable bonds is 5. The Morgan fingerprint density at radius 3 is 2.68 bits per heavy atom. The molecule has 0 N–H and O–H groups in total. The van der Waals surface area contributed by atoms with Crippen molar-refractivity contribution in [2.45, 2.75) is 63.0 Å². The smallest absolute Gasteiger partial charge is 0.261 e. The van der Waals surface area contributed by atoms with E-state index >= 15 is 0 Å². The van der Waals surface area contributed by atoms with E-state index in [9.17, 15) is 0 Å². The van der Waals surface area contributed by atoms with Crippen molar-refractivity contribution in [2.24, 2.45) is 0 Å². The van der Waals surface area contributed by atoms with E-state index in [1.807, 2.05) is 24.3 Å². The molecule has 1 aliphatic carbocycles. The molecule has 2 aliphatic heterocycles. The van der Waals surface area contributed by atoms with Crippen LogP contribution in [-0.4, -0.2) is 53.5 Å². The molecule has 1 saturated carbocycles. The highest BCUT2D eigenvalue weighted by atomic mass is 16.5. The van der Waals surface area contributed by atoms with E-state index < -0.39 is 0 Å². The minimum Gasteiger partial charge on any atom is -0.488 e. The molecule has 3 heterocycles. The van der Waals surface area contributed by atoms with Gasteiger partial charge in [0.2, 0.25) is 0 Å². The number of nitrogens with zero attached hydrogens (tertiary/aromatic N) is 3. The molecule has 2 saturated heterocycles. The first kappa shape index (κ1) is 18.1. The molecule has 0 spiro atoms. The SMILES string of the molecule is c1ccc(-c2nc(C3CCOCC3)no2)c(OC2CCN(C3CCCC3)C2)c1. The van der Waals surface area contributed by atoms with Gasteiger partial charge in [0.05, 0.1) is 5.56 Å². The van der Waals surface area contributed by atoms with Crippen molar-refractivity contribution in [3.8, 4) is 17.2 Å². The van der Waals surface area contributed by atoms with Gasteiger partial charge in [0.1, 0.15) is 11.9 Å². The molecule has 3 aliphatic rings. The summed E-state index contributed by atoms with van der Waals surface area (Å²) >= 11 is 0. The molecule has 1 unspecified atom stereocenters. The Balaban J connectivity index is 1.29. The van der Waals surface area contributed by atoms with Crippen LogP contribution in [0.4, 0.5) is 0 Å². The largest absolute Gasteiger partial charge is 0.488 e. The first-order chi connectivity index (χ1) is 13.9. The Labute approximate surface area is 166 Å². The second kappa shape index (κ2) is 8.21. The summed E-state index contributed by atoms with van der Waals surface area (Å²) in [6.45, 7) is 3.71. The van der Waals surface area contributed by atoms with Crippen LogP contribution in [0.25, 0.3) is 11.5 Å². The van der Waals surface area contributed by atoms with Gasteiger partial charge < -0.3 is 14.0 Å². The lowest BCUT2D eigenvalue weighted by Crippen LogP contribution is -2.32. The number of aromatic nitrogens is 2. The predicted octanol–water partition coefficient (Wildman–Crippen LogP) is 4.03. The summed E-state index contributed by atoms with van der Waals surface area (Å²) in [5.74, 6) is 2.53. The van der Waals surface area contributed by atoms with Gasteiger partial charge in [0, 0.05) is 38.3 Å². The van der Waals surface area contributed by atoms with Crippen LogP contribution in [0.2, 0.25) is 0 Å². The lowest BCUT2D eigenvalue weighted by atomic mass is 10.00. The Bertz CT molecular complexity index is 781. The number of likely N-dealkylation sites (tertiary alicyclic amines) is 1. The van der Waals surface area contributed by atoms with Crippen LogP contribution in [0.5, 0.6) is 5.75 Å². The average molecular weight is 383 g/mol. The Kier molecular flexibility index (Phi) is 5.32. The summed E-state index contributed by atoms with van der Waals surface area (Å²) in [6.07, 6.45) is 8.68. The molecule has 1 atom stereocenters. The van der Waals surface area contributed by atoms with E-state index in [1.54, 1.807) is 0 Å². The molecule has 0 radical (unpaired) electrons. The molecule has 5 rings (SSSR count). The predicted molar refractivity (Wildman–Crippen MR) is 105 cm³/mol. The van der Waals surface area contributed by atoms with Crippen LogP contribution >= 0.6 is 0 Å². The molecule has 6 heteroatoms. The van der Waals surface area contributed by atoms with E-state index in [4.69, 9.17) is 19.0 Å². The first-order valence-corrected chi connectivity index (χ1v) is 10.8. The van der Waals surface area contributed by atoms with E-state index in [1.165, 1.54) is 25.7 Å². The highest BCUT2D eigenvalue weighted by Gasteiger charge is 2.31. The van der Waals surface area contributed by atoms with Crippen molar-refractivity contribution < 1.29 is 14.0 Å². The second-order valence-electron chi connectivity index (χ2n) is 8.30. The zero-order chi connectivity index (χ0) is 18.8. The number of benzene rings is 1. The highest BCUT2D eigenvalue weighted by Crippen LogP contribution is 2.34. The summed E-state index contributed by atoms with van der Waals surface area (Å²) in [5, 5.41) is 4.25. The van der Waals surface area contributed by atoms with Crippen molar-refractivity contribution in [3.05, 3.63) is 30.1 Å². The molecule has 1 aromatic carbocycles. The minimum atomic E-state index is 0.236. The maximum atomic E-state index is 6.42. The summed E-state index contributed by atoms with van der Waals surface area (Å²) in [6, 6.07) is 8.81. The summed E-state index contributed by atoms with van der Waals surface area (Å²) in [7, 11) is 0. The number of hydrogen-bond donors (Lipinski definition) is 0. The Morgan fingerprint density at radius 2 is 1.82 bits per heavy atom. The Morgan fingerprint density at radius 1 is 1.00 bits per heavy atom. The molecule has 150 valence electrons. The quantitative estimate of drug-likeness (QED) is 0.777. The fourth-order valence-electron chi connectivity index (χ4n) is 4.84. The minimum absolute atomic E-state index is 0.236. The fourth-order valence-corrected chi connectivity index (χ4v) is 4.84. The van der Waals surface area contributed by atoms with Gasteiger partial charge in [-0.25, -0.2) is 0 Å². The highest BCUT2D eigenvalue weighted by molar-refractivity contribution is 5.62. The van der Waals surface area contributed by atoms with Crippen LogP contribution in [-0.2, 0) is 4.74 Å². The van der Waals surface area contributed by atoms with Gasteiger partial charge in [0.25, 0.3) is 5.89 Å². The second-order valence-corrected chi connectivity index (χ2v) is 8.30. The van der Waals surface area contributed by atoms with Crippen molar-refractivity contribution in [3.63, 3.8) is 0 Å². The number of hydrogen-bond acceptors (Lipinski definition) is 6. The molecular weight excluding hydrogens is 354 g/mol. The monoisotopic (exact) mass is 383 g/mol. The topological polar surface area (TPSA) is 60.6 Å². The van der Waals surface area contributed by atoms with E-state index in [2.05, 4.69) is 10.1 Å². The molecule has 2 aromatic rings. The zero-order valence-corrected chi connectivity index (χ0v) is 16.4. The van der Waals surface area contributed by atoms with Gasteiger partial charge in [-0.15, -0.1) is 0 Å². The standard InChI is InChI=1S/C22H29N3O3/c1-2-6-17(5-1)25-12-9-18(15-25)27-20-8-4-3-7-19(20)22-23-21(24-28-22)16-10-13-26-14-11-16/h3-4,7-8,16-18H,1-2,5-6,9-15H2. The number of ether oxygens (including phenoxy) is 2. The van der Waals surface area contributed by atoms with E-state index in [0.29, 0.717) is 11.8 Å². The summed E-state index contributed by atoms with van der Waals surface area (Å²) in [4.78, 5) is 7.31. The lowest BCUT2D eigenvalue weighted by Gasteiger charge is -2.23. The third-order valence-electron chi connectivity index (χ3n) is 6.46. The van der Waals surface area contributed by atoms with Crippen LogP contribution in [0, 0.1) is 0 Å². The van der Waals surface area contributed by atoms with E-state index in [0.717, 1.165) is 68.7 Å². The van der Waals surface area contributed by atoms with Crippen molar-refractivity contribution in [1.82, 2.24) is 15.0 Å². The molecule has 3 fully saturated rings. The van der Waals surface area contributed by atoms with Crippen molar-refractivity contribution in [1.29, 1.82) is 0 Å². The maximum Gasteiger partial charge on any atom is 0.261 e. The van der Waals surface area contributed by atoms with Crippen molar-refractivity contribution >= 4 is 0 Å². The van der Waals surface area contributed by atoms with Gasteiger partial charge in [-0.05, 0) is 44.2 Å². The van der Waals surface area contributed by atoms with Crippen LogP contribution < -0.4 is 4.74 Å². The molecular formula is C22H29N3O3. The molecule has 1 aromatic heterocycles. The van der Waals surface area contributed by atoms with Gasteiger partial charge in [0.15, 0.2) is 5.82 Å². The lowest BCUT2D eigenvalue weighted by molar-refractivity contribution is 0.0830. The van der Waals surface area contributed by atoms with Crippen LogP contribution in [0.1, 0.15) is 56.7 Å².